The third-order valence-corrected chi connectivity index (χ3v) is 3.32. The number of nitrogens with zero attached hydrogens (tertiary/aromatic N) is 2. The van der Waals surface area contributed by atoms with Crippen LogP contribution < -0.4 is 5.32 Å². The van der Waals surface area contributed by atoms with Gasteiger partial charge in [-0.2, -0.15) is 5.10 Å². The third-order valence-electron chi connectivity index (χ3n) is 2.71. The molecule has 1 aromatic rings. The Morgan fingerprint density at radius 3 is 2.93 bits per heavy atom. The van der Waals surface area contributed by atoms with Crippen molar-refractivity contribution in [1.29, 1.82) is 0 Å². The molecule has 0 saturated carbocycles. The van der Waals surface area contributed by atoms with E-state index in [1.54, 1.807) is 10.9 Å². The molecule has 2 heterocycles. The zero-order valence-electron chi connectivity index (χ0n) is 8.27. The Kier molecular flexibility index (Phi) is 2.79. The topological polar surface area (TPSA) is 67.2 Å². The highest BCUT2D eigenvalue weighted by molar-refractivity contribution is 9.10. The summed E-state index contributed by atoms with van der Waals surface area (Å²) in [6.07, 6.45) is 3.22. The molecular weight excluding hydrogens is 262 g/mol. The van der Waals surface area contributed by atoms with E-state index in [0.717, 1.165) is 16.6 Å². The van der Waals surface area contributed by atoms with Crippen LogP contribution in [0.2, 0.25) is 0 Å². The number of carboxylic acid groups (broad SMARTS) is 1. The monoisotopic (exact) mass is 273 g/mol. The van der Waals surface area contributed by atoms with Gasteiger partial charge in [-0.1, -0.05) is 0 Å². The maximum Gasteiger partial charge on any atom is 0.320 e. The predicted octanol–water partition coefficient (Wildman–Crippen LogP) is 1.06. The second-order valence-corrected chi connectivity index (χ2v) is 4.54. The number of carbonyl (C=O) groups is 1. The van der Waals surface area contributed by atoms with Gasteiger partial charge in [-0.05, 0) is 28.8 Å². The van der Waals surface area contributed by atoms with Crippen LogP contribution in [0.1, 0.15) is 24.6 Å². The number of aryl methyl sites for hydroxylation is 1. The molecule has 1 saturated heterocycles. The van der Waals surface area contributed by atoms with E-state index in [1.165, 1.54) is 0 Å². The van der Waals surface area contributed by atoms with Crippen molar-refractivity contribution >= 4 is 21.9 Å². The molecule has 2 unspecified atom stereocenters. The summed E-state index contributed by atoms with van der Waals surface area (Å²) in [4.78, 5) is 10.8. The quantitative estimate of drug-likeness (QED) is 0.846. The number of rotatable bonds is 2. The summed E-state index contributed by atoms with van der Waals surface area (Å²) in [5, 5.41) is 16.1. The highest BCUT2D eigenvalue weighted by Crippen LogP contribution is 2.30. The van der Waals surface area contributed by atoms with Crippen LogP contribution in [0.3, 0.4) is 0 Å². The van der Waals surface area contributed by atoms with Crippen molar-refractivity contribution in [3.63, 3.8) is 0 Å². The molecule has 0 aliphatic carbocycles. The minimum atomic E-state index is -0.782. The molecule has 0 spiro atoms. The van der Waals surface area contributed by atoms with Gasteiger partial charge in [0.1, 0.15) is 6.04 Å². The van der Waals surface area contributed by atoms with Crippen molar-refractivity contribution < 1.29 is 9.90 Å². The van der Waals surface area contributed by atoms with E-state index in [9.17, 15) is 4.79 Å². The standard InChI is InChI=1S/C9H12BrN3O2/c1-13-8(5(10)4-11-13)6-2-3-7(12-6)9(14)15/h4,6-7,12H,2-3H2,1H3,(H,14,15). The van der Waals surface area contributed by atoms with Gasteiger partial charge in [-0.15, -0.1) is 0 Å². The molecular formula is C9H12BrN3O2. The first-order chi connectivity index (χ1) is 7.09. The number of aromatic nitrogens is 2. The van der Waals surface area contributed by atoms with Crippen molar-refractivity contribution in [2.45, 2.75) is 24.9 Å². The molecule has 1 fully saturated rings. The maximum absolute atomic E-state index is 10.8. The lowest BCUT2D eigenvalue weighted by molar-refractivity contribution is -0.139. The van der Waals surface area contributed by atoms with Gasteiger partial charge in [0.25, 0.3) is 0 Å². The van der Waals surface area contributed by atoms with Gasteiger partial charge in [-0.25, -0.2) is 0 Å². The number of hydrogen-bond donors (Lipinski definition) is 2. The van der Waals surface area contributed by atoms with Gasteiger partial charge in [0, 0.05) is 7.05 Å². The fourth-order valence-corrected chi connectivity index (χ4v) is 2.59. The van der Waals surface area contributed by atoms with Crippen molar-refractivity contribution in [3.05, 3.63) is 16.4 Å². The lowest BCUT2D eigenvalue weighted by Crippen LogP contribution is -2.32. The summed E-state index contributed by atoms with van der Waals surface area (Å²) in [6, 6.07) is -0.357. The minimum Gasteiger partial charge on any atom is -0.480 e. The molecule has 0 radical (unpaired) electrons. The highest BCUT2D eigenvalue weighted by Gasteiger charge is 2.32. The predicted molar refractivity (Wildman–Crippen MR) is 57.4 cm³/mol. The van der Waals surface area contributed by atoms with E-state index in [-0.39, 0.29) is 6.04 Å². The molecule has 2 atom stereocenters. The molecule has 0 bridgehead atoms. The normalized spacial score (nSPS) is 25.7. The first kappa shape index (κ1) is 10.6. The summed E-state index contributed by atoms with van der Waals surface area (Å²) in [5.74, 6) is -0.782. The highest BCUT2D eigenvalue weighted by atomic mass is 79.9. The lowest BCUT2D eigenvalue weighted by atomic mass is 10.1. The van der Waals surface area contributed by atoms with Gasteiger partial charge in [0.05, 0.1) is 22.4 Å². The molecule has 0 aromatic carbocycles. The second kappa shape index (κ2) is 3.94. The zero-order valence-corrected chi connectivity index (χ0v) is 9.86. The Hall–Kier alpha value is -0.880. The van der Waals surface area contributed by atoms with Crippen molar-refractivity contribution in [1.82, 2.24) is 15.1 Å². The average molecular weight is 274 g/mol. The van der Waals surface area contributed by atoms with Crippen LogP contribution in [0.5, 0.6) is 0 Å². The van der Waals surface area contributed by atoms with E-state index >= 15 is 0 Å². The van der Waals surface area contributed by atoms with Crippen LogP contribution >= 0.6 is 15.9 Å². The molecule has 2 N–H and O–H groups in total. The molecule has 6 heteroatoms. The van der Waals surface area contributed by atoms with E-state index in [4.69, 9.17) is 5.11 Å². The fourth-order valence-electron chi connectivity index (χ4n) is 1.97. The van der Waals surface area contributed by atoms with Crippen molar-refractivity contribution in [2.75, 3.05) is 0 Å². The molecule has 2 rings (SSSR count). The molecule has 0 amide bonds. The number of hydrogen-bond acceptors (Lipinski definition) is 3. The smallest absolute Gasteiger partial charge is 0.320 e. The molecule has 1 aromatic heterocycles. The van der Waals surface area contributed by atoms with E-state index < -0.39 is 12.0 Å². The van der Waals surface area contributed by atoms with Gasteiger partial charge >= 0.3 is 5.97 Å². The van der Waals surface area contributed by atoms with Crippen molar-refractivity contribution in [3.8, 4) is 0 Å². The molecule has 15 heavy (non-hydrogen) atoms. The van der Waals surface area contributed by atoms with E-state index in [1.807, 2.05) is 7.05 Å². The van der Waals surface area contributed by atoms with E-state index in [2.05, 4.69) is 26.3 Å². The molecule has 82 valence electrons. The largest absolute Gasteiger partial charge is 0.480 e. The number of nitrogens with one attached hydrogen (secondary N) is 1. The van der Waals surface area contributed by atoms with Crippen LogP contribution in [-0.2, 0) is 11.8 Å². The second-order valence-electron chi connectivity index (χ2n) is 3.69. The Balaban J connectivity index is 2.17. The number of halogens is 1. The summed E-state index contributed by atoms with van der Waals surface area (Å²) in [6.45, 7) is 0. The van der Waals surface area contributed by atoms with Gasteiger partial charge in [0.2, 0.25) is 0 Å². The fraction of sp³-hybridized carbons (Fsp3) is 0.556. The zero-order chi connectivity index (χ0) is 11.0. The average Bonchev–Trinajstić information content (AvgIpc) is 2.73. The SMILES string of the molecule is Cn1ncc(Br)c1C1CCC(C(=O)O)N1. The van der Waals surface area contributed by atoms with Gasteiger partial charge in [-0.3, -0.25) is 14.8 Å². The Labute approximate surface area is 95.6 Å². The van der Waals surface area contributed by atoms with Gasteiger partial charge < -0.3 is 5.11 Å². The molecule has 1 aliphatic heterocycles. The Morgan fingerprint density at radius 2 is 2.47 bits per heavy atom. The summed E-state index contributed by atoms with van der Waals surface area (Å²) < 4.78 is 2.69. The lowest BCUT2D eigenvalue weighted by Gasteiger charge is -2.12. The van der Waals surface area contributed by atoms with Crippen LogP contribution in [0.15, 0.2) is 10.7 Å². The van der Waals surface area contributed by atoms with Crippen molar-refractivity contribution in [2.24, 2.45) is 7.05 Å². The van der Waals surface area contributed by atoms with E-state index in [0.29, 0.717) is 6.42 Å². The van der Waals surface area contributed by atoms with Crippen LogP contribution in [0, 0.1) is 0 Å². The maximum atomic E-state index is 10.8. The summed E-state index contributed by atoms with van der Waals surface area (Å²) in [5.41, 5.74) is 1.01. The van der Waals surface area contributed by atoms with Gasteiger partial charge in [0.15, 0.2) is 0 Å². The summed E-state index contributed by atoms with van der Waals surface area (Å²) >= 11 is 3.41. The Morgan fingerprint density at radius 1 is 1.73 bits per heavy atom. The van der Waals surface area contributed by atoms with Crippen LogP contribution in [-0.4, -0.2) is 26.9 Å². The third kappa shape index (κ3) is 1.91. The first-order valence-corrected chi connectivity index (χ1v) is 5.55. The van der Waals surface area contributed by atoms with Crippen LogP contribution in [0.25, 0.3) is 0 Å². The number of carboxylic acids is 1. The molecule has 1 aliphatic rings. The minimum absolute atomic E-state index is 0.0768. The Bertz CT molecular complexity index is 371. The number of aliphatic carboxylic acids is 1. The first-order valence-electron chi connectivity index (χ1n) is 4.76. The molecule has 5 nitrogen and oxygen atoms in total. The van der Waals surface area contributed by atoms with Crippen LogP contribution in [0.4, 0.5) is 0 Å². The summed E-state index contributed by atoms with van der Waals surface area (Å²) in [7, 11) is 1.86.